The van der Waals surface area contributed by atoms with Gasteiger partial charge in [-0.15, -0.1) is 4.72 Å². The van der Waals surface area contributed by atoms with Crippen molar-refractivity contribution in [2.45, 2.75) is 51.8 Å². The molecule has 4 nitrogen and oxygen atoms in total. The molecule has 2 unspecified atom stereocenters. The lowest BCUT2D eigenvalue weighted by Gasteiger charge is -2.27. The van der Waals surface area contributed by atoms with E-state index in [9.17, 15) is 9.35 Å². The van der Waals surface area contributed by atoms with Crippen molar-refractivity contribution in [2.75, 3.05) is 6.61 Å². The van der Waals surface area contributed by atoms with Gasteiger partial charge in [-0.1, -0.05) is 36.4 Å². The van der Waals surface area contributed by atoms with Gasteiger partial charge in [0.15, 0.2) is 6.04 Å². The first-order valence-corrected chi connectivity index (χ1v) is 8.89. The number of rotatable bonds is 7. The van der Waals surface area contributed by atoms with Crippen LogP contribution in [0.1, 0.15) is 45.2 Å². The van der Waals surface area contributed by atoms with Gasteiger partial charge in [-0.05, 0) is 45.8 Å². The summed E-state index contributed by atoms with van der Waals surface area (Å²) in [4.78, 5) is 12.2. The molecular weight excluding hydrogens is 310 g/mol. The fourth-order valence-electron chi connectivity index (χ4n) is 1.88. The van der Waals surface area contributed by atoms with Crippen LogP contribution in [0.4, 0.5) is 0 Å². The Labute approximate surface area is 142 Å². The molecule has 0 saturated heterocycles. The Morgan fingerprint density at radius 1 is 1.35 bits per heavy atom. The Balaban J connectivity index is 2.85. The van der Waals surface area contributed by atoms with Crippen LogP contribution in [0.2, 0.25) is 0 Å². The lowest BCUT2D eigenvalue weighted by molar-refractivity contribution is -0.144. The minimum Gasteiger partial charge on any atom is -0.598 e. The third-order valence-electron chi connectivity index (χ3n) is 3.29. The predicted octanol–water partition coefficient (Wildman–Crippen LogP) is 3.38. The van der Waals surface area contributed by atoms with E-state index in [-0.39, 0.29) is 6.61 Å². The first kappa shape index (κ1) is 19.7. The number of carbonyl (C=O) groups excluding carboxylic acids is 1. The summed E-state index contributed by atoms with van der Waals surface area (Å²) in [6.45, 7) is 13.7. The molecule has 1 rings (SSSR count). The molecule has 128 valence electrons. The second kappa shape index (κ2) is 8.52. The molecule has 1 aromatic rings. The van der Waals surface area contributed by atoms with Crippen LogP contribution in [0.15, 0.2) is 30.8 Å². The topological polar surface area (TPSA) is 61.4 Å². The van der Waals surface area contributed by atoms with Crippen molar-refractivity contribution >= 4 is 22.9 Å². The van der Waals surface area contributed by atoms with Crippen LogP contribution in [-0.2, 0) is 20.9 Å². The zero-order chi connectivity index (χ0) is 17.6. The number of aryl methyl sites for hydroxylation is 1. The number of esters is 1. The van der Waals surface area contributed by atoms with Crippen LogP contribution >= 0.6 is 0 Å². The van der Waals surface area contributed by atoms with E-state index in [1.165, 1.54) is 0 Å². The molecule has 0 aliphatic heterocycles. The molecule has 0 spiro atoms. The minimum atomic E-state index is -1.36. The van der Waals surface area contributed by atoms with Gasteiger partial charge >= 0.3 is 5.97 Å². The molecule has 0 fully saturated rings. The molecular formula is C18H27NO3S. The lowest BCUT2D eigenvalue weighted by Crippen LogP contribution is -2.48. The summed E-state index contributed by atoms with van der Waals surface area (Å²) in [5.41, 5.74) is 2.94. The molecule has 1 aromatic carbocycles. The number of benzene rings is 1. The molecule has 5 heteroatoms. The molecule has 0 aromatic heterocycles. The van der Waals surface area contributed by atoms with Crippen LogP contribution in [0.25, 0.3) is 5.57 Å². The van der Waals surface area contributed by atoms with Crippen molar-refractivity contribution in [3.05, 3.63) is 42.0 Å². The van der Waals surface area contributed by atoms with Crippen molar-refractivity contribution in [1.29, 1.82) is 0 Å². The maximum Gasteiger partial charge on any atom is 0.328 e. The van der Waals surface area contributed by atoms with Crippen molar-refractivity contribution in [3.63, 3.8) is 0 Å². The summed E-state index contributed by atoms with van der Waals surface area (Å²) in [5, 5.41) is 0. The Hall–Kier alpha value is -1.30. The van der Waals surface area contributed by atoms with Crippen LogP contribution < -0.4 is 4.72 Å². The molecule has 0 bridgehead atoms. The molecule has 2 atom stereocenters. The summed E-state index contributed by atoms with van der Waals surface area (Å²) < 4.78 is 19.8. The monoisotopic (exact) mass is 337 g/mol. The zero-order valence-electron chi connectivity index (χ0n) is 14.6. The SMILES string of the molecule is C=C(CC(N[S+]([O-])C(C)(C)C)C(=O)OCC)c1ccc(C)cc1. The van der Waals surface area contributed by atoms with Gasteiger partial charge in [0, 0.05) is 17.8 Å². The number of carbonyl (C=O) groups is 1. The van der Waals surface area contributed by atoms with Crippen LogP contribution in [-0.4, -0.2) is 27.9 Å². The Bertz CT molecular complexity index is 534. The van der Waals surface area contributed by atoms with E-state index >= 15 is 0 Å². The Morgan fingerprint density at radius 3 is 2.39 bits per heavy atom. The fraction of sp³-hybridized carbons (Fsp3) is 0.500. The van der Waals surface area contributed by atoms with Crippen molar-refractivity contribution < 1.29 is 14.1 Å². The standard InChI is InChI=1S/C18H27NO3S/c1-7-22-17(20)16(19-23(21)18(4,5)6)12-14(3)15-10-8-13(2)9-11-15/h8-11,16,19H,3,7,12H2,1-2,4-6H3. The highest BCUT2D eigenvalue weighted by Crippen LogP contribution is 2.21. The predicted molar refractivity (Wildman–Crippen MR) is 96.3 cm³/mol. The molecule has 0 amide bonds. The fourth-order valence-corrected chi connectivity index (χ4v) is 2.67. The summed E-state index contributed by atoms with van der Waals surface area (Å²) in [5.74, 6) is -0.404. The van der Waals surface area contributed by atoms with Gasteiger partial charge in [-0.25, -0.2) is 0 Å². The molecule has 0 aliphatic carbocycles. The maximum atomic E-state index is 12.3. The number of hydrogen-bond acceptors (Lipinski definition) is 4. The minimum absolute atomic E-state index is 0.288. The summed E-state index contributed by atoms with van der Waals surface area (Å²) in [6.07, 6.45) is 0.351. The molecule has 0 saturated carbocycles. The Morgan fingerprint density at radius 2 is 1.91 bits per heavy atom. The largest absolute Gasteiger partial charge is 0.598 e. The van der Waals surface area contributed by atoms with E-state index in [0.717, 1.165) is 16.7 Å². The van der Waals surface area contributed by atoms with E-state index in [0.29, 0.717) is 6.42 Å². The van der Waals surface area contributed by atoms with Gasteiger partial charge < -0.3 is 9.29 Å². The average Bonchev–Trinajstić information content (AvgIpc) is 2.46. The third kappa shape index (κ3) is 6.37. The van der Waals surface area contributed by atoms with Gasteiger partial charge in [0.25, 0.3) is 0 Å². The normalized spacial score (nSPS) is 14.2. The first-order chi connectivity index (χ1) is 10.6. The van der Waals surface area contributed by atoms with Gasteiger partial charge in [-0.2, -0.15) is 0 Å². The van der Waals surface area contributed by atoms with E-state index in [2.05, 4.69) is 11.3 Å². The summed E-state index contributed by atoms with van der Waals surface area (Å²) in [6, 6.07) is 7.27. The van der Waals surface area contributed by atoms with E-state index < -0.39 is 28.1 Å². The highest BCUT2D eigenvalue weighted by molar-refractivity contribution is 7.90. The van der Waals surface area contributed by atoms with E-state index in [1.807, 2.05) is 52.0 Å². The Kier molecular flexibility index (Phi) is 7.32. The molecule has 0 radical (unpaired) electrons. The molecule has 1 N–H and O–H groups in total. The van der Waals surface area contributed by atoms with Crippen LogP contribution in [0.3, 0.4) is 0 Å². The quantitative estimate of drug-likeness (QED) is 0.612. The molecule has 0 heterocycles. The molecule has 0 aliphatic rings. The summed E-state index contributed by atoms with van der Waals surface area (Å²) in [7, 11) is 0. The highest BCUT2D eigenvalue weighted by atomic mass is 32.2. The molecule has 23 heavy (non-hydrogen) atoms. The number of nitrogens with one attached hydrogen (secondary N) is 1. The van der Waals surface area contributed by atoms with Gasteiger partial charge in [-0.3, -0.25) is 4.79 Å². The second-order valence-corrected chi connectivity index (χ2v) is 8.48. The van der Waals surface area contributed by atoms with E-state index in [4.69, 9.17) is 4.74 Å². The zero-order valence-corrected chi connectivity index (χ0v) is 15.5. The number of hydrogen-bond donors (Lipinski definition) is 1. The smallest absolute Gasteiger partial charge is 0.328 e. The van der Waals surface area contributed by atoms with Crippen molar-refractivity contribution in [1.82, 2.24) is 4.72 Å². The van der Waals surface area contributed by atoms with Crippen LogP contribution in [0.5, 0.6) is 0 Å². The lowest BCUT2D eigenvalue weighted by atomic mass is 10.00. The average molecular weight is 337 g/mol. The first-order valence-electron chi connectivity index (χ1n) is 7.74. The van der Waals surface area contributed by atoms with Gasteiger partial charge in [0.1, 0.15) is 4.75 Å². The van der Waals surface area contributed by atoms with Crippen molar-refractivity contribution in [2.24, 2.45) is 0 Å². The van der Waals surface area contributed by atoms with Gasteiger partial charge in [0.2, 0.25) is 0 Å². The van der Waals surface area contributed by atoms with Gasteiger partial charge in [0.05, 0.1) is 6.61 Å². The van der Waals surface area contributed by atoms with Crippen molar-refractivity contribution in [3.8, 4) is 0 Å². The number of ether oxygens (including phenoxy) is 1. The maximum absolute atomic E-state index is 12.3. The third-order valence-corrected chi connectivity index (χ3v) is 4.90. The van der Waals surface area contributed by atoms with Crippen LogP contribution in [0, 0.1) is 6.92 Å². The highest BCUT2D eigenvalue weighted by Gasteiger charge is 2.33. The van der Waals surface area contributed by atoms with E-state index in [1.54, 1.807) is 6.92 Å². The summed E-state index contributed by atoms with van der Waals surface area (Å²) >= 11 is -1.36. The second-order valence-electron chi connectivity index (χ2n) is 6.48.